The van der Waals surface area contributed by atoms with E-state index in [1.807, 2.05) is 18.2 Å². The average Bonchev–Trinajstić information content (AvgIpc) is 2.60. The van der Waals surface area contributed by atoms with Crippen LogP contribution in [0.1, 0.15) is 5.56 Å². The lowest BCUT2D eigenvalue weighted by atomic mass is 10.1. The predicted molar refractivity (Wildman–Crippen MR) is 101 cm³/mol. The van der Waals surface area contributed by atoms with Crippen molar-refractivity contribution in [3.05, 3.63) is 60.8 Å². The minimum Gasteiger partial charge on any atom is -0.496 e. The molecule has 128 valence electrons. The summed E-state index contributed by atoms with van der Waals surface area (Å²) in [5.74, 6) is 1.38. The third-order valence-electron chi connectivity index (χ3n) is 3.88. The fraction of sp³-hybridized carbons (Fsp3) is 0.105. The summed E-state index contributed by atoms with van der Waals surface area (Å²) in [5, 5.41) is 5.13. The number of ether oxygens (including phenoxy) is 1. The first-order valence-electron chi connectivity index (χ1n) is 7.58. The van der Waals surface area contributed by atoms with Gasteiger partial charge in [0, 0.05) is 29.1 Å². The van der Waals surface area contributed by atoms with Crippen molar-refractivity contribution >= 4 is 38.2 Å². The Morgan fingerprint density at radius 3 is 2.48 bits per heavy atom. The van der Waals surface area contributed by atoms with Crippen LogP contribution in [0.3, 0.4) is 0 Å². The van der Waals surface area contributed by atoms with E-state index in [2.05, 4.69) is 16.9 Å². The van der Waals surface area contributed by atoms with Crippen molar-refractivity contribution < 1.29 is 13.2 Å². The third-order valence-corrected chi connectivity index (χ3v) is 5.01. The number of pyridine rings is 1. The van der Waals surface area contributed by atoms with Gasteiger partial charge in [0.05, 0.1) is 12.0 Å². The minimum atomic E-state index is -3.21. The summed E-state index contributed by atoms with van der Waals surface area (Å²) >= 11 is 0. The number of fused-ring (bicyclic) bond motifs is 1. The van der Waals surface area contributed by atoms with E-state index in [9.17, 15) is 8.42 Å². The van der Waals surface area contributed by atoms with E-state index in [1.165, 1.54) is 6.26 Å². The Kier molecular flexibility index (Phi) is 4.46. The molecule has 0 amide bonds. The Labute approximate surface area is 146 Å². The molecule has 0 fully saturated rings. The number of anilines is 2. The Balaban J connectivity index is 2.02. The van der Waals surface area contributed by atoms with Crippen molar-refractivity contribution in [1.29, 1.82) is 0 Å². The van der Waals surface area contributed by atoms with Crippen molar-refractivity contribution in [3.63, 3.8) is 0 Å². The lowest BCUT2D eigenvalue weighted by molar-refractivity contribution is 0.414. The zero-order valence-electron chi connectivity index (χ0n) is 14.0. The second kappa shape index (κ2) is 6.57. The van der Waals surface area contributed by atoms with E-state index in [4.69, 9.17) is 4.74 Å². The molecular weight excluding hydrogens is 336 g/mol. The van der Waals surface area contributed by atoms with Gasteiger partial charge in [-0.15, -0.1) is 0 Å². The van der Waals surface area contributed by atoms with Gasteiger partial charge < -0.3 is 10.1 Å². The van der Waals surface area contributed by atoms with Crippen LogP contribution in [-0.4, -0.2) is 26.8 Å². The van der Waals surface area contributed by atoms with Crippen LogP contribution in [-0.2, 0) is 9.84 Å². The fourth-order valence-electron chi connectivity index (χ4n) is 2.58. The molecule has 0 atom stereocenters. The Bertz CT molecular complexity index is 1040. The van der Waals surface area contributed by atoms with E-state index >= 15 is 0 Å². The third kappa shape index (κ3) is 3.49. The summed E-state index contributed by atoms with van der Waals surface area (Å²) in [4.78, 5) is 4.67. The number of rotatable bonds is 5. The van der Waals surface area contributed by atoms with Gasteiger partial charge in [0.15, 0.2) is 9.84 Å². The molecule has 2 aromatic carbocycles. The first kappa shape index (κ1) is 17.0. The van der Waals surface area contributed by atoms with Crippen LogP contribution < -0.4 is 10.1 Å². The highest BCUT2D eigenvalue weighted by Gasteiger charge is 2.09. The van der Waals surface area contributed by atoms with Gasteiger partial charge >= 0.3 is 0 Å². The molecule has 3 rings (SSSR count). The van der Waals surface area contributed by atoms with Crippen LogP contribution in [0.25, 0.3) is 16.8 Å². The highest BCUT2D eigenvalue weighted by Crippen LogP contribution is 2.31. The largest absolute Gasteiger partial charge is 0.496 e. The first-order valence-corrected chi connectivity index (χ1v) is 9.48. The van der Waals surface area contributed by atoms with Crippen LogP contribution in [0.4, 0.5) is 11.5 Å². The van der Waals surface area contributed by atoms with E-state index in [0.717, 1.165) is 22.0 Å². The molecule has 0 saturated carbocycles. The zero-order valence-corrected chi connectivity index (χ0v) is 14.8. The highest BCUT2D eigenvalue weighted by molar-refractivity contribution is 7.90. The second-order valence-electron chi connectivity index (χ2n) is 5.60. The minimum absolute atomic E-state index is 0.279. The van der Waals surface area contributed by atoms with Gasteiger partial charge in [0.2, 0.25) is 0 Å². The van der Waals surface area contributed by atoms with Crippen LogP contribution in [0.5, 0.6) is 5.75 Å². The molecule has 3 aromatic rings. The van der Waals surface area contributed by atoms with Crippen molar-refractivity contribution in [2.24, 2.45) is 0 Å². The molecular formula is C19H18N2O3S. The van der Waals surface area contributed by atoms with Crippen LogP contribution in [0.15, 0.2) is 60.1 Å². The van der Waals surface area contributed by atoms with Gasteiger partial charge in [-0.2, -0.15) is 0 Å². The molecule has 5 nitrogen and oxygen atoms in total. The van der Waals surface area contributed by atoms with E-state index in [0.29, 0.717) is 11.6 Å². The molecule has 0 aliphatic rings. The number of nitrogens with zero attached hydrogens (tertiary/aromatic N) is 1. The first-order chi connectivity index (χ1) is 11.9. The topological polar surface area (TPSA) is 68.3 Å². The smallest absolute Gasteiger partial charge is 0.175 e. The number of hydrogen-bond acceptors (Lipinski definition) is 5. The number of benzene rings is 2. The maximum Gasteiger partial charge on any atom is 0.175 e. The summed E-state index contributed by atoms with van der Waals surface area (Å²) < 4.78 is 28.5. The maximum absolute atomic E-state index is 11.6. The number of hydrogen-bond donors (Lipinski definition) is 1. The molecule has 0 saturated heterocycles. The van der Waals surface area contributed by atoms with Crippen molar-refractivity contribution in [3.8, 4) is 5.75 Å². The monoisotopic (exact) mass is 354 g/mol. The number of methoxy groups -OCH3 is 1. The summed E-state index contributed by atoms with van der Waals surface area (Å²) in [5.41, 5.74) is 1.66. The standard InChI is InChI=1S/C19H18N2O3S/c1-4-13-11-14-9-10-20-19(17(14)12-18(13)24-2)21-15-5-7-16(8-6-15)25(3,22)23/h4-12H,1H2,2-3H3,(H,20,21). The SMILES string of the molecule is C=Cc1cc2ccnc(Nc3ccc(S(C)(=O)=O)cc3)c2cc1OC. The number of sulfone groups is 1. The fourth-order valence-corrected chi connectivity index (χ4v) is 3.21. The maximum atomic E-state index is 11.6. The van der Waals surface area contributed by atoms with Gasteiger partial charge in [-0.05, 0) is 47.9 Å². The van der Waals surface area contributed by atoms with Gasteiger partial charge in [0.25, 0.3) is 0 Å². The van der Waals surface area contributed by atoms with Crippen molar-refractivity contribution in [2.45, 2.75) is 4.90 Å². The van der Waals surface area contributed by atoms with E-state index in [1.54, 1.807) is 43.6 Å². The van der Waals surface area contributed by atoms with Crippen molar-refractivity contribution in [2.75, 3.05) is 18.7 Å². The van der Waals surface area contributed by atoms with Gasteiger partial charge in [-0.3, -0.25) is 0 Å². The van der Waals surface area contributed by atoms with Gasteiger partial charge in [-0.25, -0.2) is 13.4 Å². The lowest BCUT2D eigenvalue weighted by Crippen LogP contribution is -1.99. The molecule has 0 bridgehead atoms. The van der Waals surface area contributed by atoms with Gasteiger partial charge in [0.1, 0.15) is 11.6 Å². The Hall–Kier alpha value is -2.86. The lowest BCUT2D eigenvalue weighted by Gasteiger charge is -2.12. The van der Waals surface area contributed by atoms with Crippen molar-refractivity contribution in [1.82, 2.24) is 4.98 Å². The molecule has 1 heterocycles. The Morgan fingerprint density at radius 1 is 1.16 bits per heavy atom. The quantitative estimate of drug-likeness (QED) is 0.749. The van der Waals surface area contributed by atoms with Gasteiger partial charge in [-0.1, -0.05) is 12.7 Å². The summed E-state index contributed by atoms with van der Waals surface area (Å²) in [6, 6.07) is 12.4. The van der Waals surface area contributed by atoms with Crippen LogP contribution in [0, 0.1) is 0 Å². The van der Waals surface area contributed by atoms with Crippen LogP contribution >= 0.6 is 0 Å². The number of aromatic nitrogens is 1. The molecule has 6 heteroatoms. The molecule has 25 heavy (non-hydrogen) atoms. The predicted octanol–water partition coefficient (Wildman–Crippen LogP) is 4.03. The molecule has 1 N–H and O–H groups in total. The summed E-state index contributed by atoms with van der Waals surface area (Å²) in [7, 11) is -1.60. The zero-order chi connectivity index (χ0) is 18.0. The highest BCUT2D eigenvalue weighted by atomic mass is 32.2. The summed E-state index contributed by atoms with van der Waals surface area (Å²) in [6.45, 7) is 3.80. The number of nitrogens with one attached hydrogen (secondary N) is 1. The summed E-state index contributed by atoms with van der Waals surface area (Å²) in [6.07, 6.45) is 4.65. The molecule has 0 aliphatic carbocycles. The second-order valence-corrected chi connectivity index (χ2v) is 7.62. The van der Waals surface area contributed by atoms with E-state index < -0.39 is 9.84 Å². The molecule has 1 aromatic heterocycles. The molecule has 0 spiro atoms. The van der Waals surface area contributed by atoms with Crippen LogP contribution in [0.2, 0.25) is 0 Å². The van der Waals surface area contributed by atoms with E-state index in [-0.39, 0.29) is 4.90 Å². The Morgan fingerprint density at radius 2 is 1.88 bits per heavy atom. The molecule has 0 aliphatic heterocycles. The average molecular weight is 354 g/mol. The molecule has 0 unspecified atom stereocenters. The molecule has 0 radical (unpaired) electrons. The normalized spacial score (nSPS) is 11.3.